The van der Waals surface area contributed by atoms with Gasteiger partial charge in [-0.25, -0.2) is 0 Å². The lowest BCUT2D eigenvalue weighted by atomic mass is 9.99. The first-order valence-corrected chi connectivity index (χ1v) is 29.8. The van der Waals surface area contributed by atoms with Crippen molar-refractivity contribution >= 4 is 11.9 Å². The van der Waals surface area contributed by atoms with E-state index in [0.717, 1.165) is 83.5 Å². The van der Waals surface area contributed by atoms with Gasteiger partial charge < -0.3 is 45.1 Å². The second kappa shape index (κ2) is 48.8. The van der Waals surface area contributed by atoms with Crippen LogP contribution in [0.4, 0.5) is 0 Å². The highest BCUT2D eigenvalue weighted by atomic mass is 16.7. The van der Waals surface area contributed by atoms with Crippen molar-refractivity contribution in [1.29, 1.82) is 0 Å². The Morgan fingerprint density at radius 2 is 0.944 bits per heavy atom. The highest BCUT2D eigenvalue weighted by Crippen LogP contribution is 2.26. The molecule has 1 amide bonds. The number of esters is 1. The summed E-state index contributed by atoms with van der Waals surface area (Å²) in [6, 6.07) is -1.02. The fourth-order valence-corrected chi connectivity index (χ4v) is 9.22. The summed E-state index contributed by atoms with van der Waals surface area (Å²) in [6.45, 7) is 5.74. The topological polar surface area (TPSA) is 175 Å². The molecule has 0 radical (unpaired) electrons. The minimum atomic E-state index is -1.61. The molecule has 6 N–H and O–H groups in total. The molecule has 8 atom stereocenters. The van der Waals surface area contributed by atoms with Gasteiger partial charge in [-0.05, 0) is 70.6 Å². The summed E-state index contributed by atoms with van der Waals surface area (Å²) in [6.07, 6.45) is 46.2. The Labute approximate surface area is 434 Å². The van der Waals surface area contributed by atoms with Gasteiger partial charge >= 0.3 is 5.97 Å². The van der Waals surface area contributed by atoms with Crippen LogP contribution in [0.3, 0.4) is 0 Å². The van der Waals surface area contributed by atoms with E-state index in [4.69, 9.17) is 14.2 Å². The van der Waals surface area contributed by atoms with Crippen molar-refractivity contribution in [2.45, 2.75) is 320 Å². The van der Waals surface area contributed by atoms with Crippen LogP contribution in [0.25, 0.3) is 0 Å². The second-order valence-electron chi connectivity index (χ2n) is 20.7. The van der Waals surface area contributed by atoms with Crippen molar-refractivity contribution in [3.63, 3.8) is 0 Å². The molecule has 1 aliphatic heterocycles. The molecule has 1 heterocycles. The molecule has 0 spiro atoms. The fourth-order valence-electron chi connectivity index (χ4n) is 9.22. The predicted molar refractivity (Wildman–Crippen MR) is 292 cm³/mol. The van der Waals surface area contributed by atoms with Crippen LogP contribution in [-0.2, 0) is 23.8 Å². The fraction of sp³-hybridized carbons (Fsp3) is 0.867. The van der Waals surface area contributed by atoms with E-state index in [1.54, 1.807) is 6.08 Å². The molecule has 8 unspecified atom stereocenters. The van der Waals surface area contributed by atoms with Gasteiger partial charge in [0, 0.05) is 6.42 Å². The third kappa shape index (κ3) is 37.3. The van der Waals surface area contributed by atoms with Gasteiger partial charge in [0.1, 0.15) is 24.4 Å². The number of nitrogens with one attached hydrogen (secondary N) is 1. The average Bonchev–Trinajstić information content (AvgIpc) is 3.37. The van der Waals surface area contributed by atoms with E-state index in [0.29, 0.717) is 12.8 Å². The van der Waals surface area contributed by atoms with E-state index in [9.17, 15) is 35.1 Å². The second-order valence-corrected chi connectivity index (χ2v) is 20.7. The third-order valence-corrected chi connectivity index (χ3v) is 14.0. The van der Waals surface area contributed by atoms with Crippen LogP contribution in [-0.4, -0.2) is 99.6 Å². The highest BCUT2D eigenvalue weighted by Gasteiger charge is 2.47. The molecule has 1 fully saturated rings. The molecular weight excluding hydrogens is 895 g/mol. The monoisotopic (exact) mass is 1010 g/mol. The first-order chi connectivity index (χ1) is 34.7. The predicted octanol–water partition coefficient (Wildman–Crippen LogP) is 13.5. The minimum Gasteiger partial charge on any atom is -0.454 e. The van der Waals surface area contributed by atoms with Crippen molar-refractivity contribution < 1.29 is 49.3 Å². The zero-order chi connectivity index (χ0) is 51.8. The van der Waals surface area contributed by atoms with Crippen LogP contribution in [0.2, 0.25) is 0 Å². The number of allylic oxidation sites excluding steroid dienone is 5. The quantitative estimate of drug-likeness (QED) is 0.0195. The maximum Gasteiger partial charge on any atom is 0.306 e. The standard InChI is InChI=1S/C60H111NO10/c1-4-7-10-13-16-19-22-24-25-26-27-28-30-33-35-38-41-44-47-53(64)59(68)61-51(52(63)46-43-40-37-34-32-29-23-20-17-14-11-8-5-2)50-69-60-58(57(67)56(66)54(49-62)70-60)71-55(65)48-45-42-39-36-31-21-18-15-12-9-6-3/h15,18,24-25,43,46,51-54,56-58,60,62-64,66-67H,4-14,16-17,19-23,26-42,44-45,47-50H2,1-3H3,(H,61,68)/b18-15-,25-24+,46-43+. The van der Waals surface area contributed by atoms with Crippen molar-refractivity contribution in [1.82, 2.24) is 5.32 Å². The van der Waals surface area contributed by atoms with E-state index < -0.39 is 67.4 Å². The van der Waals surface area contributed by atoms with Gasteiger partial charge in [-0.2, -0.15) is 0 Å². The molecule has 0 aromatic rings. The van der Waals surface area contributed by atoms with Gasteiger partial charge in [-0.1, -0.05) is 231 Å². The molecule has 11 nitrogen and oxygen atoms in total. The Morgan fingerprint density at radius 1 is 0.535 bits per heavy atom. The summed E-state index contributed by atoms with van der Waals surface area (Å²) in [5, 5.41) is 56.8. The Kier molecular flexibility index (Phi) is 46.0. The summed E-state index contributed by atoms with van der Waals surface area (Å²) >= 11 is 0. The zero-order valence-electron chi connectivity index (χ0n) is 45.9. The molecule has 1 rings (SSSR count). The van der Waals surface area contributed by atoms with Crippen LogP contribution < -0.4 is 5.32 Å². The van der Waals surface area contributed by atoms with Crippen LogP contribution in [0.15, 0.2) is 36.5 Å². The van der Waals surface area contributed by atoms with E-state index in [2.05, 4.69) is 50.4 Å². The number of aliphatic hydroxyl groups excluding tert-OH is 5. The lowest BCUT2D eigenvalue weighted by molar-refractivity contribution is -0.305. The van der Waals surface area contributed by atoms with Gasteiger partial charge in [0.2, 0.25) is 5.91 Å². The number of carbonyl (C=O) groups excluding carboxylic acids is 2. The van der Waals surface area contributed by atoms with Crippen LogP contribution in [0.1, 0.15) is 271 Å². The van der Waals surface area contributed by atoms with Crippen molar-refractivity contribution in [3.8, 4) is 0 Å². The van der Waals surface area contributed by atoms with Gasteiger partial charge in [-0.3, -0.25) is 9.59 Å². The Bertz CT molecular complexity index is 1290. The Morgan fingerprint density at radius 3 is 1.41 bits per heavy atom. The molecule has 0 saturated carbocycles. The molecule has 0 aliphatic carbocycles. The van der Waals surface area contributed by atoms with E-state index >= 15 is 0 Å². The number of aliphatic hydroxyl groups is 5. The number of amides is 1. The summed E-state index contributed by atoms with van der Waals surface area (Å²) in [7, 11) is 0. The average molecular weight is 1010 g/mol. The largest absolute Gasteiger partial charge is 0.454 e. The molecule has 1 saturated heterocycles. The van der Waals surface area contributed by atoms with Gasteiger partial charge in [0.25, 0.3) is 0 Å². The van der Waals surface area contributed by atoms with E-state index in [1.807, 2.05) is 6.08 Å². The molecular formula is C60H111NO10. The first kappa shape index (κ1) is 66.9. The van der Waals surface area contributed by atoms with Gasteiger partial charge in [-0.15, -0.1) is 0 Å². The number of carbonyl (C=O) groups is 2. The lowest BCUT2D eigenvalue weighted by Gasteiger charge is -2.41. The Hall–Kier alpha value is -2.12. The van der Waals surface area contributed by atoms with Crippen molar-refractivity contribution in [2.24, 2.45) is 0 Å². The van der Waals surface area contributed by atoms with Gasteiger partial charge in [0.15, 0.2) is 12.4 Å². The van der Waals surface area contributed by atoms with Crippen molar-refractivity contribution in [2.75, 3.05) is 13.2 Å². The summed E-state index contributed by atoms with van der Waals surface area (Å²) in [4.78, 5) is 26.4. The lowest BCUT2D eigenvalue weighted by Crippen LogP contribution is -2.61. The maximum atomic E-state index is 13.4. The van der Waals surface area contributed by atoms with E-state index in [-0.39, 0.29) is 19.4 Å². The van der Waals surface area contributed by atoms with Crippen LogP contribution in [0, 0.1) is 0 Å². The number of ether oxygens (including phenoxy) is 3. The van der Waals surface area contributed by atoms with Crippen LogP contribution >= 0.6 is 0 Å². The number of unbranched alkanes of at least 4 members (excludes halogenated alkanes) is 32. The summed E-state index contributed by atoms with van der Waals surface area (Å²) in [5.41, 5.74) is 0. The number of hydrogen-bond acceptors (Lipinski definition) is 10. The van der Waals surface area contributed by atoms with E-state index in [1.165, 1.54) is 141 Å². The third-order valence-electron chi connectivity index (χ3n) is 14.0. The maximum absolute atomic E-state index is 13.4. The van der Waals surface area contributed by atoms with Crippen LogP contribution in [0.5, 0.6) is 0 Å². The first-order valence-electron chi connectivity index (χ1n) is 29.8. The molecule has 416 valence electrons. The molecule has 71 heavy (non-hydrogen) atoms. The molecule has 0 bridgehead atoms. The normalized spacial score (nSPS) is 19.8. The smallest absolute Gasteiger partial charge is 0.306 e. The minimum absolute atomic E-state index is 0.114. The SMILES string of the molecule is CCCC/C=C\CCCCCCCC(=O)OC1C(OCC(NC(=O)C(O)CCCCCCCCCC/C=C/CCCCCCCC)C(O)/C=C/CCCCCCCCCCCCC)OC(CO)C(O)C1O. The molecule has 0 aromatic heterocycles. The van der Waals surface area contributed by atoms with Crippen molar-refractivity contribution in [3.05, 3.63) is 36.5 Å². The Balaban J connectivity index is 2.71. The summed E-state index contributed by atoms with van der Waals surface area (Å²) in [5.74, 6) is -1.20. The zero-order valence-corrected chi connectivity index (χ0v) is 45.9. The highest BCUT2D eigenvalue weighted by molar-refractivity contribution is 5.80. The summed E-state index contributed by atoms with van der Waals surface area (Å²) < 4.78 is 17.6. The molecule has 11 heteroatoms. The molecule has 1 aliphatic rings. The van der Waals surface area contributed by atoms with Gasteiger partial charge in [0.05, 0.1) is 25.4 Å². The molecule has 0 aromatic carbocycles. The number of hydrogen-bond donors (Lipinski definition) is 6. The number of rotatable bonds is 50.